The minimum atomic E-state index is 1.13. The van der Waals surface area contributed by atoms with Gasteiger partial charge in [-0.3, -0.25) is 0 Å². The van der Waals surface area contributed by atoms with Gasteiger partial charge in [-0.05, 0) is 55.9 Å². The van der Waals surface area contributed by atoms with Crippen LogP contribution < -0.4 is 0 Å². The Morgan fingerprint density at radius 1 is 0.765 bits per heavy atom. The van der Waals surface area contributed by atoms with E-state index in [1.807, 2.05) is 0 Å². The Bertz CT molecular complexity index is 489. The molecule has 0 aliphatic heterocycles. The summed E-state index contributed by atoms with van der Waals surface area (Å²) in [5.74, 6) is 0. The second-order valence-corrected chi connectivity index (χ2v) is 4.86. The Hall–Kier alpha value is -1.56. The fraction of sp³-hybridized carbons (Fsp3) is 0.294. The molecule has 0 N–H and O–H groups in total. The molecule has 0 atom stereocenters. The molecule has 0 radical (unpaired) electrons. The Labute approximate surface area is 104 Å². The van der Waals surface area contributed by atoms with Gasteiger partial charge in [0.05, 0.1) is 0 Å². The van der Waals surface area contributed by atoms with Crippen LogP contribution in [0, 0.1) is 20.8 Å². The number of hydrogen-bond donors (Lipinski definition) is 0. The summed E-state index contributed by atoms with van der Waals surface area (Å²) in [4.78, 5) is 0. The van der Waals surface area contributed by atoms with Crippen molar-refractivity contribution in [2.24, 2.45) is 0 Å². The first kappa shape index (κ1) is 11.9. The van der Waals surface area contributed by atoms with Gasteiger partial charge in [0.1, 0.15) is 0 Å². The molecule has 0 nitrogen and oxygen atoms in total. The average Bonchev–Trinajstić information content (AvgIpc) is 2.28. The first-order chi connectivity index (χ1) is 8.16. The molecule has 0 spiro atoms. The summed E-state index contributed by atoms with van der Waals surface area (Å²) in [7, 11) is 0. The van der Waals surface area contributed by atoms with Crippen LogP contribution in [0.2, 0.25) is 0 Å². The van der Waals surface area contributed by atoms with Crippen molar-refractivity contribution < 1.29 is 0 Å². The lowest BCUT2D eigenvalue weighted by atomic mass is 9.96. The van der Waals surface area contributed by atoms with E-state index >= 15 is 0 Å². The lowest BCUT2D eigenvalue weighted by molar-refractivity contribution is 0.936. The lowest BCUT2D eigenvalue weighted by Crippen LogP contribution is -1.97. The Morgan fingerprint density at radius 3 is 2.06 bits per heavy atom. The molecule has 0 amide bonds. The molecule has 2 aromatic carbocycles. The first-order valence-corrected chi connectivity index (χ1v) is 6.27. The van der Waals surface area contributed by atoms with Crippen LogP contribution in [0.3, 0.4) is 0 Å². The van der Waals surface area contributed by atoms with Crippen molar-refractivity contribution in [3.05, 3.63) is 70.3 Å². The summed E-state index contributed by atoms with van der Waals surface area (Å²) in [5.41, 5.74) is 7.13. The van der Waals surface area contributed by atoms with Gasteiger partial charge >= 0.3 is 0 Å². The van der Waals surface area contributed by atoms with Gasteiger partial charge in [0, 0.05) is 0 Å². The quantitative estimate of drug-likeness (QED) is 0.725. The van der Waals surface area contributed by atoms with E-state index in [0.717, 1.165) is 12.8 Å². The lowest BCUT2D eigenvalue weighted by Gasteiger charge is -2.09. The third kappa shape index (κ3) is 2.97. The Morgan fingerprint density at radius 2 is 1.41 bits per heavy atom. The molecule has 0 heterocycles. The van der Waals surface area contributed by atoms with E-state index in [2.05, 4.69) is 63.2 Å². The maximum Gasteiger partial charge on any atom is -0.0233 e. The van der Waals surface area contributed by atoms with Gasteiger partial charge < -0.3 is 0 Å². The average molecular weight is 224 g/mol. The van der Waals surface area contributed by atoms with Gasteiger partial charge in [0.25, 0.3) is 0 Å². The maximum atomic E-state index is 2.29. The normalized spacial score (nSPS) is 10.5. The van der Waals surface area contributed by atoms with Gasteiger partial charge in [-0.2, -0.15) is 0 Å². The van der Waals surface area contributed by atoms with E-state index in [1.54, 1.807) is 0 Å². The summed E-state index contributed by atoms with van der Waals surface area (Å²) in [5, 5.41) is 0. The van der Waals surface area contributed by atoms with E-state index in [0.29, 0.717) is 0 Å². The number of hydrogen-bond acceptors (Lipinski definition) is 0. The van der Waals surface area contributed by atoms with E-state index < -0.39 is 0 Å². The van der Waals surface area contributed by atoms with Crippen LogP contribution in [0.4, 0.5) is 0 Å². The van der Waals surface area contributed by atoms with Crippen LogP contribution in [-0.4, -0.2) is 0 Å². The molecular formula is C17H20. The second kappa shape index (κ2) is 5.18. The van der Waals surface area contributed by atoms with Gasteiger partial charge in [-0.1, -0.05) is 48.0 Å². The van der Waals surface area contributed by atoms with Crippen molar-refractivity contribution in [2.75, 3.05) is 0 Å². The summed E-state index contributed by atoms with van der Waals surface area (Å²) in [6.07, 6.45) is 2.27. The molecule has 0 aliphatic rings. The van der Waals surface area contributed by atoms with Gasteiger partial charge in [-0.15, -0.1) is 0 Å². The van der Waals surface area contributed by atoms with Crippen molar-refractivity contribution >= 4 is 0 Å². The third-order valence-corrected chi connectivity index (χ3v) is 3.39. The van der Waals surface area contributed by atoms with Crippen LogP contribution in [0.1, 0.15) is 27.8 Å². The minimum absolute atomic E-state index is 1.13. The highest BCUT2D eigenvalue weighted by Gasteiger charge is 2.02. The zero-order chi connectivity index (χ0) is 12.3. The monoisotopic (exact) mass is 224 g/mol. The number of rotatable bonds is 3. The standard InChI is InChI=1S/C17H20/c1-13-6-4-9-16(12-13)10-11-17-14(2)7-5-8-15(17)3/h4-9,12H,10-11H2,1-3H3. The Kier molecular flexibility index (Phi) is 3.63. The van der Waals surface area contributed by atoms with E-state index in [1.165, 1.54) is 27.8 Å². The van der Waals surface area contributed by atoms with Crippen LogP contribution in [0.15, 0.2) is 42.5 Å². The fourth-order valence-corrected chi connectivity index (χ4v) is 2.38. The zero-order valence-corrected chi connectivity index (χ0v) is 11.0. The summed E-state index contributed by atoms with van der Waals surface area (Å²) in [6.45, 7) is 6.57. The number of aryl methyl sites for hydroxylation is 4. The highest BCUT2D eigenvalue weighted by molar-refractivity contribution is 5.34. The molecule has 2 aromatic rings. The molecule has 0 unspecified atom stereocenters. The minimum Gasteiger partial charge on any atom is -0.0617 e. The largest absolute Gasteiger partial charge is 0.0617 e. The van der Waals surface area contributed by atoms with E-state index in [-0.39, 0.29) is 0 Å². The predicted octanol–water partition coefficient (Wildman–Crippen LogP) is 4.40. The van der Waals surface area contributed by atoms with Crippen LogP contribution in [-0.2, 0) is 12.8 Å². The highest BCUT2D eigenvalue weighted by atomic mass is 14.1. The zero-order valence-electron chi connectivity index (χ0n) is 11.0. The molecule has 0 saturated carbocycles. The molecular weight excluding hydrogens is 204 g/mol. The number of benzene rings is 2. The van der Waals surface area contributed by atoms with Crippen LogP contribution in [0.5, 0.6) is 0 Å². The van der Waals surface area contributed by atoms with Crippen LogP contribution in [0.25, 0.3) is 0 Å². The summed E-state index contributed by atoms with van der Waals surface area (Å²) < 4.78 is 0. The third-order valence-electron chi connectivity index (χ3n) is 3.39. The predicted molar refractivity (Wildman–Crippen MR) is 74.5 cm³/mol. The summed E-state index contributed by atoms with van der Waals surface area (Å²) >= 11 is 0. The van der Waals surface area contributed by atoms with Gasteiger partial charge in [-0.25, -0.2) is 0 Å². The van der Waals surface area contributed by atoms with Gasteiger partial charge in [0.15, 0.2) is 0 Å². The molecule has 88 valence electrons. The molecule has 0 fully saturated rings. The molecule has 2 rings (SSSR count). The van der Waals surface area contributed by atoms with Crippen LogP contribution >= 0.6 is 0 Å². The topological polar surface area (TPSA) is 0 Å². The van der Waals surface area contributed by atoms with E-state index in [4.69, 9.17) is 0 Å². The molecule has 0 aromatic heterocycles. The summed E-state index contributed by atoms with van der Waals surface area (Å²) in [6, 6.07) is 15.4. The SMILES string of the molecule is Cc1cccc(CCc2c(C)cccc2C)c1. The van der Waals surface area contributed by atoms with Crippen molar-refractivity contribution in [1.82, 2.24) is 0 Å². The van der Waals surface area contributed by atoms with Crippen molar-refractivity contribution in [2.45, 2.75) is 33.6 Å². The van der Waals surface area contributed by atoms with E-state index in [9.17, 15) is 0 Å². The molecule has 0 saturated heterocycles. The first-order valence-electron chi connectivity index (χ1n) is 6.27. The molecule has 0 bridgehead atoms. The molecule has 0 aliphatic carbocycles. The van der Waals surface area contributed by atoms with Crippen molar-refractivity contribution in [1.29, 1.82) is 0 Å². The molecule has 0 heteroatoms. The smallest absolute Gasteiger partial charge is 0.0233 e. The molecule has 17 heavy (non-hydrogen) atoms. The van der Waals surface area contributed by atoms with Crippen molar-refractivity contribution in [3.8, 4) is 0 Å². The fourth-order valence-electron chi connectivity index (χ4n) is 2.38. The maximum absolute atomic E-state index is 2.29. The van der Waals surface area contributed by atoms with Crippen molar-refractivity contribution in [3.63, 3.8) is 0 Å². The van der Waals surface area contributed by atoms with Gasteiger partial charge in [0.2, 0.25) is 0 Å². The second-order valence-electron chi connectivity index (χ2n) is 4.86. The Balaban J connectivity index is 2.13. The highest BCUT2D eigenvalue weighted by Crippen LogP contribution is 2.16.